The van der Waals surface area contributed by atoms with Gasteiger partial charge in [-0.2, -0.15) is 0 Å². The number of amides is 1. The van der Waals surface area contributed by atoms with Crippen molar-refractivity contribution in [1.82, 2.24) is 5.32 Å². The first kappa shape index (κ1) is 20.8. The highest BCUT2D eigenvalue weighted by Crippen LogP contribution is 2.36. The van der Waals surface area contributed by atoms with E-state index in [4.69, 9.17) is 21.1 Å². The number of halogens is 2. The number of hydrogen-bond acceptors (Lipinski definition) is 4. The van der Waals surface area contributed by atoms with E-state index < -0.39 is 0 Å². The van der Waals surface area contributed by atoms with Gasteiger partial charge in [-0.1, -0.05) is 23.7 Å². The van der Waals surface area contributed by atoms with E-state index >= 15 is 0 Å². The summed E-state index contributed by atoms with van der Waals surface area (Å²) in [6.45, 7) is 3.34. The molecule has 0 fully saturated rings. The fraction of sp³-hybridized carbons (Fsp3) is 0.350. The maximum Gasteiger partial charge on any atom is 0.251 e. The molecule has 2 rings (SSSR count). The Morgan fingerprint density at radius 1 is 1.30 bits per heavy atom. The minimum atomic E-state index is -0.264. The number of nitrogens with one attached hydrogen (secondary N) is 1. The minimum absolute atomic E-state index is 0.258. The molecule has 2 aromatic rings. The van der Waals surface area contributed by atoms with Gasteiger partial charge in [0.15, 0.2) is 11.5 Å². The highest BCUT2D eigenvalue weighted by atomic mass is 35.5. The van der Waals surface area contributed by atoms with Gasteiger partial charge in [-0.05, 0) is 37.6 Å². The first-order valence-electron chi connectivity index (χ1n) is 8.72. The van der Waals surface area contributed by atoms with Crippen LogP contribution in [0.2, 0.25) is 5.02 Å². The van der Waals surface area contributed by atoms with Crippen molar-refractivity contribution in [1.29, 1.82) is 0 Å². The van der Waals surface area contributed by atoms with Crippen LogP contribution in [0.25, 0.3) is 0 Å². The second-order valence-corrected chi connectivity index (χ2v) is 6.31. The minimum Gasteiger partial charge on any atom is -0.493 e. The molecule has 7 heteroatoms. The summed E-state index contributed by atoms with van der Waals surface area (Å²) >= 11 is 6.19. The molecule has 0 atom stereocenters. The van der Waals surface area contributed by atoms with Crippen molar-refractivity contribution in [2.24, 2.45) is 0 Å². The van der Waals surface area contributed by atoms with E-state index in [9.17, 15) is 9.18 Å². The van der Waals surface area contributed by atoms with Crippen LogP contribution in [-0.2, 0) is 0 Å². The lowest BCUT2D eigenvalue weighted by molar-refractivity contribution is 0.0953. The molecule has 0 aliphatic heterocycles. The first-order valence-corrected chi connectivity index (χ1v) is 9.09. The maximum absolute atomic E-state index is 13.7. The summed E-state index contributed by atoms with van der Waals surface area (Å²) in [5.41, 5.74) is 0.926. The van der Waals surface area contributed by atoms with Crippen molar-refractivity contribution in [2.45, 2.75) is 13.3 Å². The van der Waals surface area contributed by atoms with E-state index in [0.29, 0.717) is 53.9 Å². The SMILES string of the molecule is CCOc1c(Cl)cc(C(=O)NCCCN(C)c2ccccc2F)cc1OC. The van der Waals surface area contributed by atoms with Gasteiger partial charge in [0.1, 0.15) is 5.82 Å². The Bertz CT molecular complexity index is 786. The number of ether oxygens (including phenoxy) is 2. The Morgan fingerprint density at radius 3 is 2.70 bits per heavy atom. The van der Waals surface area contributed by atoms with E-state index in [-0.39, 0.29) is 11.7 Å². The molecule has 2 aromatic carbocycles. The summed E-state index contributed by atoms with van der Waals surface area (Å²) in [6, 6.07) is 9.75. The number of rotatable bonds is 9. The Kier molecular flexibility index (Phi) is 7.73. The van der Waals surface area contributed by atoms with Crippen molar-refractivity contribution >= 4 is 23.2 Å². The molecule has 146 valence electrons. The number of hydrogen-bond donors (Lipinski definition) is 1. The van der Waals surface area contributed by atoms with E-state index in [2.05, 4.69) is 5.32 Å². The molecule has 27 heavy (non-hydrogen) atoms. The number of anilines is 1. The van der Waals surface area contributed by atoms with Crippen LogP contribution in [0.3, 0.4) is 0 Å². The lowest BCUT2D eigenvalue weighted by Gasteiger charge is -2.20. The van der Waals surface area contributed by atoms with Gasteiger partial charge in [-0.25, -0.2) is 4.39 Å². The fourth-order valence-electron chi connectivity index (χ4n) is 2.64. The van der Waals surface area contributed by atoms with Crippen molar-refractivity contribution < 1.29 is 18.7 Å². The third-order valence-corrected chi connectivity index (χ3v) is 4.28. The highest BCUT2D eigenvalue weighted by Gasteiger charge is 2.15. The summed E-state index contributed by atoms with van der Waals surface area (Å²) in [5.74, 6) is 0.311. The molecule has 0 unspecified atom stereocenters. The molecular weight excluding hydrogens is 371 g/mol. The van der Waals surface area contributed by atoms with E-state index in [1.54, 1.807) is 30.3 Å². The Hall–Kier alpha value is -2.47. The quantitative estimate of drug-likeness (QED) is 0.649. The zero-order chi connectivity index (χ0) is 19.8. The Labute approximate surface area is 164 Å². The predicted molar refractivity (Wildman–Crippen MR) is 106 cm³/mol. The van der Waals surface area contributed by atoms with Gasteiger partial charge in [0.05, 0.1) is 24.4 Å². The number of para-hydroxylation sites is 1. The van der Waals surface area contributed by atoms with Gasteiger partial charge < -0.3 is 19.7 Å². The number of carbonyl (C=O) groups is 1. The van der Waals surface area contributed by atoms with Crippen molar-refractivity contribution in [3.8, 4) is 11.5 Å². The largest absolute Gasteiger partial charge is 0.493 e. The molecule has 0 bridgehead atoms. The van der Waals surface area contributed by atoms with Gasteiger partial charge in [0.2, 0.25) is 0 Å². The normalized spacial score (nSPS) is 10.4. The second-order valence-electron chi connectivity index (χ2n) is 5.90. The number of methoxy groups -OCH3 is 1. The van der Waals surface area contributed by atoms with Gasteiger partial charge >= 0.3 is 0 Å². The second kappa shape index (κ2) is 10.0. The molecule has 5 nitrogen and oxygen atoms in total. The van der Waals surface area contributed by atoms with Crippen LogP contribution < -0.4 is 19.7 Å². The van der Waals surface area contributed by atoms with Gasteiger partial charge in [0.25, 0.3) is 5.91 Å². The molecule has 1 amide bonds. The molecule has 0 aromatic heterocycles. The van der Waals surface area contributed by atoms with Crippen molar-refractivity contribution in [3.63, 3.8) is 0 Å². The standard InChI is InChI=1S/C20H24ClFN2O3/c1-4-27-19-15(21)12-14(13-18(19)26-3)20(25)23-10-7-11-24(2)17-9-6-5-8-16(17)22/h5-6,8-9,12-13H,4,7,10-11H2,1-3H3,(H,23,25). The third kappa shape index (κ3) is 5.50. The number of carbonyl (C=O) groups excluding carboxylic acids is 1. The fourth-order valence-corrected chi connectivity index (χ4v) is 2.90. The molecule has 0 heterocycles. The lowest BCUT2D eigenvalue weighted by atomic mass is 10.2. The van der Waals surface area contributed by atoms with Crippen LogP contribution >= 0.6 is 11.6 Å². The topological polar surface area (TPSA) is 50.8 Å². The van der Waals surface area contributed by atoms with Gasteiger partial charge in [0, 0.05) is 25.7 Å². The Morgan fingerprint density at radius 2 is 2.04 bits per heavy atom. The molecule has 0 spiro atoms. The summed E-state index contributed by atoms with van der Waals surface area (Å²) in [6.07, 6.45) is 0.665. The van der Waals surface area contributed by atoms with Gasteiger partial charge in [-0.15, -0.1) is 0 Å². The lowest BCUT2D eigenvalue weighted by Crippen LogP contribution is -2.28. The van der Waals surface area contributed by atoms with E-state index in [1.807, 2.05) is 18.9 Å². The highest BCUT2D eigenvalue weighted by molar-refractivity contribution is 6.32. The summed E-state index contributed by atoms with van der Waals surface area (Å²) in [5, 5.41) is 3.16. The van der Waals surface area contributed by atoms with Crippen molar-refractivity contribution in [2.75, 3.05) is 38.8 Å². The van der Waals surface area contributed by atoms with Crippen LogP contribution in [0, 0.1) is 5.82 Å². The first-order chi connectivity index (χ1) is 13.0. The molecule has 0 aliphatic carbocycles. The molecule has 0 saturated carbocycles. The molecule has 0 radical (unpaired) electrons. The summed E-state index contributed by atoms with van der Waals surface area (Å²) < 4.78 is 24.4. The van der Waals surface area contributed by atoms with E-state index in [0.717, 1.165) is 0 Å². The average molecular weight is 395 g/mol. The summed E-state index contributed by atoms with van der Waals surface area (Å²) in [4.78, 5) is 14.2. The monoisotopic (exact) mass is 394 g/mol. The Balaban J connectivity index is 1.90. The molecule has 1 N–H and O–H groups in total. The zero-order valence-corrected chi connectivity index (χ0v) is 16.5. The van der Waals surface area contributed by atoms with E-state index in [1.165, 1.54) is 13.2 Å². The third-order valence-electron chi connectivity index (χ3n) is 4.00. The van der Waals surface area contributed by atoms with Crippen LogP contribution in [0.1, 0.15) is 23.7 Å². The zero-order valence-electron chi connectivity index (χ0n) is 15.7. The molecule has 0 saturated heterocycles. The smallest absolute Gasteiger partial charge is 0.251 e. The predicted octanol–water partition coefficient (Wildman–Crippen LogP) is 4.14. The summed E-state index contributed by atoms with van der Waals surface area (Å²) in [7, 11) is 3.31. The number of nitrogens with zero attached hydrogens (tertiary/aromatic N) is 1. The number of benzene rings is 2. The van der Waals surface area contributed by atoms with Crippen molar-refractivity contribution in [3.05, 3.63) is 52.8 Å². The average Bonchev–Trinajstić information content (AvgIpc) is 2.66. The molecule has 0 aliphatic rings. The van der Waals surface area contributed by atoms with Gasteiger partial charge in [-0.3, -0.25) is 4.79 Å². The molecular formula is C20H24ClFN2O3. The van der Waals surface area contributed by atoms with Crippen LogP contribution in [-0.4, -0.2) is 39.8 Å². The maximum atomic E-state index is 13.7. The van der Waals surface area contributed by atoms with Crippen LogP contribution in [0.15, 0.2) is 36.4 Å². The van der Waals surface area contributed by atoms with Crippen LogP contribution in [0.4, 0.5) is 10.1 Å². The van der Waals surface area contributed by atoms with Crippen LogP contribution in [0.5, 0.6) is 11.5 Å².